The van der Waals surface area contributed by atoms with Crippen LogP contribution >= 0.6 is 0 Å². The lowest BCUT2D eigenvalue weighted by molar-refractivity contribution is -0.155. The van der Waals surface area contributed by atoms with Crippen LogP contribution in [0.3, 0.4) is 0 Å². The predicted molar refractivity (Wildman–Crippen MR) is 92.4 cm³/mol. The average Bonchev–Trinajstić information content (AvgIpc) is 2.62. The third-order valence-electron chi connectivity index (χ3n) is 4.09. The van der Waals surface area contributed by atoms with Crippen LogP contribution < -0.4 is 5.32 Å². The second kappa shape index (κ2) is 7.90. The molecule has 1 fully saturated rings. The molecule has 2 aromatic rings. The molecule has 1 atom stereocenters. The molecule has 130 valence electrons. The highest BCUT2D eigenvalue weighted by Gasteiger charge is 2.33. The Morgan fingerprint density at radius 3 is 2.80 bits per heavy atom. The van der Waals surface area contributed by atoms with Gasteiger partial charge in [-0.15, -0.1) is 0 Å². The standard InChI is InChI=1S/C19H21N3O3/c1-14-6-5-9-16(21-14)10-20-19(24)17-12-25-13-18(23)22(17)11-15-7-3-2-4-8-15/h2-9,17H,10-13H2,1H3,(H,20,24)/t17-/m1/s1. The molecule has 1 aliphatic rings. The molecule has 6 nitrogen and oxygen atoms in total. The molecule has 1 N–H and O–H groups in total. The maximum atomic E-state index is 12.6. The molecule has 1 saturated heterocycles. The quantitative estimate of drug-likeness (QED) is 0.895. The van der Waals surface area contributed by atoms with Crippen molar-refractivity contribution in [2.75, 3.05) is 13.2 Å². The van der Waals surface area contributed by atoms with E-state index in [0.717, 1.165) is 17.0 Å². The third kappa shape index (κ3) is 4.42. The van der Waals surface area contributed by atoms with E-state index >= 15 is 0 Å². The molecule has 2 amide bonds. The summed E-state index contributed by atoms with van der Waals surface area (Å²) in [6, 6.07) is 14.7. The van der Waals surface area contributed by atoms with Crippen LogP contribution in [0.2, 0.25) is 0 Å². The summed E-state index contributed by atoms with van der Waals surface area (Å²) in [4.78, 5) is 30.8. The molecule has 0 aliphatic carbocycles. The van der Waals surface area contributed by atoms with Crippen molar-refractivity contribution in [3.8, 4) is 0 Å². The maximum Gasteiger partial charge on any atom is 0.249 e. The van der Waals surface area contributed by atoms with Crippen molar-refractivity contribution in [3.63, 3.8) is 0 Å². The van der Waals surface area contributed by atoms with Crippen LogP contribution in [-0.2, 0) is 27.4 Å². The van der Waals surface area contributed by atoms with Crippen LogP contribution in [0.1, 0.15) is 17.0 Å². The fourth-order valence-electron chi connectivity index (χ4n) is 2.79. The van der Waals surface area contributed by atoms with Gasteiger partial charge in [0.25, 0.3) is 0 Å². The Kier molecular flexibility index (Phi) is 5.40. The van der Waals surface area contributed by atoms with Crippen LogP contribution in [0.4, 0.5) is 0 Å². The molecule has 1 aliphatic heterocycles. The predicted octanol–water partition coefficient (Wildman–Crippen LogP) is 1.43. The number of pyridine rings is 1. The normalized spacial score (nSPS) is 17.4. The number of nitrogens with one attached hydrogen (secondary N) is 1. The van der Waals surface area contributed by atoms with Gasteiger partial charge >= 0.3 is 0 Å². The fourth-order valence-corrected chi connectivity index (χ4v) is 2.79. The van der Waals surface area contributed by atoms with Crippen molar-refractivity contribution in [2.45, 2.75) is 26.1 Å². The van der Waals surface area contributed by atoms with E-state index in [1.54, 1.807) is 4.90 Å². The van der Waals surface area contributed by atoms with E-state index in [0.29, 0.717) is 13.1 Å². The van der Waals surface area contributed by atoms with Gasteiger partial charge in [0.05, 0.1) is 18.8 Å². The lowest BCUT2D eigenvalue weighted by atomic mass is 10.1. The minimum Gasteiger partial charge on any atom is -0.369 e. The van der Waals surface area contributed by atoms with Gasteiger partial charge in [-0.2, -0.15) is 0 Å². The van der Waals surface area contributed by atoms with Crippen molar-refractivity contribution >= 4 is 11.8 Å². The van der Waals surface area contributed by atoms with Crippen molar-refractivity contribution in [2.24, 2.45) is 0 Å². The number of hydrogen-bond acceptors (Lipinski definition) is 4. The van der Waals surface area contributed by atoms with Crippen molar-refractivity contribution < 1.29 is 14.3 Å². The first-order chi connectivity index (χ1) is 12.1. The summed E-state index contributed by atoms with van der Waals surface area (Å²) in [5.41, 5.74) is 2.66. The van der Waals surface area contributed by atoms with Gasteiger partial charge in [0.2, 0.25) is 11.8 Å². The maximum absolute atomic E-state index is 12.6. The first-order valence-electron chi connectivity index (χ1n) is 8.25. The zero-order valence-corrected chi connectivity index (χ0v) is 14.1. The van der Waals surface area contributed by atoms with Crippen LogP contribution in [0.25, 0.3) is 0 Å². The van der Waals surface area contributed by atoms with Crippen LogP contribution in [0, 0.1) is 6.92 Å². The van der Waals surface area contributed by atoms with E-state index in [1.165, 1.54) is 0 Å². The molecule has 0 radical (unpaired) electrons. The number of benzene rings is 1. The molecule has 1 aromatic heterocycles. The minimum atomic E-state index is -0.633. The summed E-state index contributed by atoms with van der Waals surface area (Å²) < 4.78 is 5.29. The number of carbonyl (C=O) groups is 2. The molecule has 6 heteroatoms. The van der Waals surface area contributed by atoms with E-state index in [9.17, 15) is 9.59 Å². The number of aryl methyl sites for hydroxylation is 1. The number of ether oxygens (including phenoxy) is 1. The second-order valence-electron chi connectivity index (χ2n) is 6.03. The monoisotopic (exact) mass is 339 g/mol. The Morgan fingerprint density at radius 1 is 1.24 bits per heavy atom. The van der Waals surface area contributed by atoms with E-state index in [4.69, 9.17) is 4.74 Å². The molecule has 2 heterocycles. The number of rotatable bonds is 5. The molecule has 0 saturated carbocycles. The number of nitrogens with zero attached hydrogens (tertiary/aromatic N) is 2. The molecular weight excluding hydrogens is 318 g/mol. The summed E-state index contributed by atoms with van der Waals surface area (Å²) in [7, 11) is 0. The number of amides is 2. The summed E-state index contributed by atoms with van der Waals surface area (Å²) in [5, 5.41) is 2.86. The lowest BCUT2D eigenvalue weighted by Gasteiger charge is -2.34. The zero-order chi connectivity index (χ0) is 17.6. The average molecular weight is 339 g/mol. The summed E-state index contributed by atoms with van der Waals surface area (Å²) >= 11 is 0. The number of aromatic nitrogens is 1. The highest BCUT2D eigenvalue weighted by Crippen LogP contribution is 2.14. The second-order valence-corrected chi connectivity index (χ2v) is 6.03. The van der Waals surface area contributed by atoms with Gasteiger partial charge in [0.1, 0.15) is 12.6 Å². The zero-order valence-electron chi connectivity index (χ0n) is 14.1. The molecular formula is C19H21N3O3. The van der Waals surface area contributed by atoms with E-state index in [-0.39, 0.29) is 25.0 Å². The number of morpholine rings is 1. The Morgan fingerprint density at radius 2 is 2.04 bits per heavy atom. The first kappa shape index (κ1) is 17.1. The van der Waals surface area contributed by atoms with Crippen molar-refractivity contribution in [3.05, 3.63) is 65.5 Å². The SMILES string of the molecule is Cc1cccc(CNC(=O)[C@H]2COCC(=O)N2Cc2ccccc2)n1. The van der Waals surface area contributed by atoms with E-state index < -0.39 is 6.04 Å². The highest BCUT2D eigenvalue weighted by molar-refractivity contribution is 5.89. The summed E-state index contributed by atoms with van der Waals surface area (Å²) in [6.45, 7) is 2.83. The van der Waals surface area contributed by atoms with Crippen LogP contribution in [0.5, 0.6) is 0 Å². The minimum absolute atomic E-state index is 0.00997. The van der Waals surface area contributed by atoms with Crippen molar-refractivity contribution in [1.82, 2.24) is 15.2 Å². The van der Waals surface area contributed by atoms with Gasteiger partial charge < -0.3 is 15.0 Å². The molecule has 0 bridgehead atoms. The fraction of sp³-hybridized carbons (Fsp3) is 0.316. The molecule has 0 unspecified atom stereocenters. The van der Waals surface area contributed by atoms with Gasteiger partial charge in [0, 0.05) is 12.2 Å². The van der Waals surface area contributed by atoms with Gasteiger partial charge in [-0.05, 0) is 24.6 Å². The van der Waals surface area contributed by atoms with Gasteiger partial charge in [-0.25, -0.2) is 0 Å². The molecule has 0 spiro atoms. The molecule has 25 heavy (non-hydrogen) atoms. The van der Waals surface area contributed by atoms with Gasteiger partial charge in [-0.1, -0.05) is 36.4 Å². The Balaban J connectivity index is 1.67. The van der Waals surface area contributed by atoms with E-state index in [2.05, 4.69) is 10.3 Å². The van der Waals surface area contributed by atoms with Gasteiger partial charge in [0.15, 0.2) is 0 Å². The molecule has 1 aromatic carbocycles. The van der Waals surface area contributed by atoms with Crippen molar-refractivity contribution in [1.29, 1.82) is 0 Å². The topological polar surface area (TPSA) is 71.5 Å². The smallest absolute Gasteiger partial charge is 0.249 e. The summed E-state index contributed by atoms with van der Waals surface area (Å²) in [5.74, 6) is -0.406. The Labute approximate surface area is 146 Å². The molecule has 3 rings (SSSR count). The van der Waals surface area contributed by atoms with Crippen LogP contribution in [-0.4, -0.2) is 41.0 Å². The highest BCUT2D eigenvalue weighted by atomic mass is 16.5. The first-order valence-corrected chi connectivity index (χ1v) is 8.25. The largest absolute Gasteiger partial charge is 0.369 e. The number of carbonyl (C=O) groups excluding carboxylic acids is 2. The van der Waals surface area contributed by atoms with Crippen LogP contribution in [0.15, 0.2) is 48.5 Å². The Bertz CT molecular complexity index is 749. The van der Waals surface area contributed by atoms with E-state index in [1.807, 2.05) is 55.5 Å². The number of hydrogen-bond donors (Lipinski definition) is 1. The third-order valence-corrected chi connectivity index (χ3v) is 4.09. The Hall–Kier alpha value is -2.73. The lowest BCUT2D eigenvalue weighted by Crippen LogP contribution is -2.55. The summed E-state index contributed by atoms with van der Waals surface area (Å²) in [6.07, 6.45) is 0. The van der Waals surface area contributed by atoms with Gasteiger partial charge in [-0.3, -0.25) is 14.6 Å².